The molecule has 37 heavy (non-hydrogen) atoms. The Balaban J connectivity index is 1.47. The second kappa shape index (κ2) is 10.2. The lowest BCUT2D eigenvalue weighted by atomic mass is 9.82. The van der Waals surface area contributed by atoms with Gasteiger partial charge in [-0.2, -0.15) is 0 Å². The van der Waals surface area contributed by atoms with Crippen LogP contribution in [0.3, 0.4) is 0 Å². The number of urea groups is 1. The number of hydrogen-bond donors (Lipinski definition) is 2. The molecule has 0 spiro atoms. The summed E-state index contributed by atoms with van der Waals surface area (Å²) in [6.07, 6.45) is 0.673. The van der Waals surface area contributed by atoms with Gasteiger partial charge >= 0.3 is 6.03 Å². The highest BCUT2D eigenvalue weighted by atomic mass is 16.2. The van der Waals surface area contributed by atoms with Gasteiger partial charge < -0.3 is 10.6 Å². The molecule has 3 aromatic rings. The van der Waals surface area contributed by atoms with E-state index in [0.29, 0.717) is 24.1 Å². The van der Waals surface area contributed by atoms with E-state index in [1.807, 2.05) is 60.7 Å². The number of carbonyl (C=O) groups excluding carboxylic acids is 3. The first-order valence-electron chi connectivity index (χ1n) is 12.7. The van der Waals surface area contributed by atoms with Crippen molar-refractivity contribution >= 4 is 17.8 Å². The number of nitrogens with one attached hydrogen (secondary N) is 2. The zero-order valence-corrected chi connectivity index (χ0v) is 22.2. The minimum atomic E-state index is -1.37. The number of benzene rings is 3. The number of amides is 4. The monoisotopic (exact) mass is 497 g/mol. The summed E-state index contributed by atoms with van der Waals surface area (Å²) in [5.41, 5.74) is 4.87. The van der Waals surface area contributed by atoms with E-state index in [2.05, 4.69) is 57.4 Å². The van der Waals surface area contributed by atoms with Crippen molar-refractivity contribution in [1.29, 1.82) is 0 Å². The molecule has 0 unspecified atom stereocenters. The topological polar surface area (TPSA) is 78.5 Å². The Bertz CT molecular complexity index is 1250. The van der Waals surface area contributed by atoms with Gasteiger partial charge in [-0.25, -0.2) is 4.79 Å². The first-order chi connectivity index (χ1) is 17.5. The molecule has 0 bridgehead atoms. The van der Waals surface area contributed by atoms with E-state index in [4.69, 9.17) is 0 Å². The van der Waals surface area contributed by atoms with Gasteiger partial charge in [-0.05, 0) is 59.1 Å². The molecular weight excluding hydrogens is 462 g/mol. The molecule has 1 heterocycles. The first-order valence-corrected chi connectivity index (χ1v) is 12.7. The van der Waals surface area contributed by atoms with Gasteiger partial charge in [0.05, 0.1) is 0 Å². The van der Waals surface area contributed by atoms with Gasteiger partial charge in [-0.1, -0.05) is 93.6 Å². The third-order valence-electron chi connectivity index (χ3n) is 7.08. The van der Waals surface area contributed by atoms with E-state index >= 15 is 0 Å². The molecule has 0 atom stereocenters. The van der Waals surface area contributed by atoms with Crippen molar-refractivity contribution in [3.63, 3.8) is 0 Å². The van der Waals surface area contributed by atoms with E-state index < -0.39 is 17.5 Å². The van der Waals surface area contributed by atoms with Gasteiger partial charge in [0.15, 0.2) is 5.54 Å². The lowest BCUT2D eigenvalue weighted by Crippen LogP contribution is -2.46. The Morgan fingerprint density at radius 1 is 0.892 bits per heavy atom. The molecule has 1 aliphatic rings. The summed E-state index contributed by atoms with van der Waals surface area (Å²) >= 11 is 0. The second-order valence-corrected chi connectivity index (χ2v) is 10.7. The smallest absolute Gasteiger partial charge is 0.326 e. The molecule has 3 aromatic carbocycles. The Labute approximate surface area is 219 Å². The highest BCUT2D eigenvalue weighted by molar-refractivity contribution is 6.11. The van der Waals surface area contributed by atoms with E-state index in [1.54, 1.807) is 0 Å². The van der Waals surface area contributed by atoms with Crippen LogP contribution in [-0.2, 0) is 27.0 Å². The van der Waals surface area contributed by atoms with E-state index in [0.717, 1.165) is 4.90 Å². The lowest BCUT2D eigenvalue weighted by molar-refractivity contribution is -0.134. The summed E-state index contributed by atoms with van der Waals surface area (Å²) in [5, 5.41) is 5.77. The summed E-state index contributed by atoms with van der Waals surface area (Å²) in [7, 11) is 0. The maximum atomic E-state index is 13.7. The van der Waals surface area contributed by atoms with Crippen LogP contribution in [0.1, 0.15) is 54.2 Å². The van der Waals surface area contributed by atoms with E-state index in [1.165, 1.54) is 22.3 Å². The zero-order chi connectivity index (χ0) is 26.8. The van der Waals surface area contributed by atoms with Gasteiger partial charge in [0.2, 0.25) is 5.91 Å². The summed E-state index contributed by atoms with van der Waals surface area (Å²) < 4.78 is 0. The molecule has 1 saturated heterocycles. The highest BCUT2D eigenvalue weighted by Crippen LogP contribution is 2.36. The predicted molar refractivity (Wildman–Crippen MR) is 145 cm³/mol. The van der Waals surface area contributed by atoms with Crippen molar-refractivity contribution in [1.82, 2.24) is 15.5 Å². The number of rotatable bonds is 7. The van der Waals surface area contributed by atoms with E-state index in [-0.39, 0.29) is 17.9 Å². The minimum absolute atomic E-state index is 0.0693. The average molecular weight is 498 g/mol. The average Bonchev–Trinajstić information content (AvgIpc) is 3.11. The van der Waals surface area contributed by atoms with Gasteiger partial charge in [0.1, 0.15) is 6.54 Å². The molecule has 0 aromatic heterocycles. The Hall–Kier alpha value is -3.93. The fourth-order valence-electron chi connectivity index (χ4n) is 5.00. The van der Waals surface area contributed by atoms with Crippen LogP contribution in [0.15, 0.2) is 72.8 Å². The molecule has 4 rings (SSSR count). The molecule has 4 amide bonds. The third-order valence-corrected chi connectivity index (χ3v) is 7.08. The lowest BCUT2D eigenvalue weighted by Gasteiger charge is -2.28. The summed E-state index contributed by atoms with van der Waals surface area (Å²) in [6, 6.07) is 22.1. The van der Waals surface area contributed by atoms with Crippen molar-refractivity contribution in [3.05, 3.63) is 106 Å². The van der Waals surface area contributed by atoms with Crippen LogP contribution in [0.2, 0.25) is 0 Å². The fraction of sp³-hybridized carbons (Fsp3) is 0.323. The summed E-state index contributed by atoms with van der Waals surface area (Å²) in [4.78, 5) is 40.6. The summed E-state index contributed by atoms with van der Waals surface area (Å²) in [5.74, 6) is -0.837. The number of hydrogen-bond acceptors (Lipinski definition) is 3. The van der Waals surface area contributed by atoms with Gasteiger partial charge in [-0.15, -0.1) is 0 Å². The molecule has 6 heteroatoms. The fourth-order valence-corrected chi connectivity index (χ4v) is 5.00. The van der Waals surface area contributed by atoms with Crippen molar-refractivity contribution in [2.24, 2.45) is 0 Å². The Morgan fingerprint density at radius 3 is 1.89 bits per heavy atom. The molecule has 0 saturated carbocycles. The number of imide groups is 1. The van der Waals surface area contributed by atoms with E-state index in [9.17, 15) is 14.4 Å². The van der Waals surface area contributed by atoms with Gasteiger partial charge in [-0.3, -0.25) is 14.5 Å². The normalized spacial score (nSPS) is 15.0. The van der Waals surface area contributed by atoms with Crippen LogP contribution >= 0.6 is 0 Å². The van der Waals surface area contributed by atoms with Crippen LogP contribution in [0, 0.1) is 13.8 Å². The van der Waals surface area contributed by atoms with Crippen molar-refractivity contribution < 1.29 is 14.4 Å². The number of carbonyl (C=O) groups is 3. The second-order valence-electron chi connectivity index (χ2n) is 10.7. The van der Waals surface area contributed by atoms with Gasteiger partial charge in [0.25, 0.3) is 5.91 Å². The minimum Gasteiger partial charge on any atom is -0.354 e. The molecule has 192 valence electrons. The quantitative estimate of drug-likeness (QED) is 0.462. The molecule has 0 aliphatic carbocycles. The maximum Gasteiger partial charge on any atom is 0.326 e. The standard InChI is InChI=1S/C31H35N3O3/c1-21-18-25(30(3,4)5)19-22(2)26(21)16-17-32-27(35)20-34-28(36)31(33-29(34)37,23-12-8-6-9-13-23)24-14-10-7-11-15-24/h6-15,18-19H,16-17,20H2,1-5H3,(H,32,35)(H,33,37). The molecule has 1 fully saturated rings. The zero-order valence-electron chi connectivity index (χ0n) is 22.2. The van der Waals surface area contributed by atoms with Crippen LogP contribution in [0.25, 0.3) is 0 Å². The first kappa shape index (κ1) is 26.1. The molecule has 1 aliphatic heterocycles. The number of aryl methyl sites for hydroxylation is 2. The molecule has 0 radical (unpaired) electrons. The van der Waals surface area contributed by atoms with Crippen molar-refractivity contribution in [3.8, 4) is 0 Å². The van der Waals surface area contributed by atoms with Crippen LogP contribution < -0.4 is 10.6 Å². The maximum absolute atomic E-state index is 13.7. The van der Waals surface area contributed by atoms with Crippen LogP contribution in [0.4, 0.5) is 4.79 Å². The van der Waals surface area contributed by atoms with Crippen LogP contribution in [-0.4, -0.2) is 35.8 Å². The van der Waals surface area contributed by atoms with Crippen LogP contribution in [0.5, 0.6) is 0 Å². The summed E-state index contributed by atoms with van der Waals surface area (Å²) in [6.45, 7) is 10.9. The van der Waals surface area contributed by atoms with Crippen molar-refractivity contribution in [2.75, 3.05) is 13.1 Å². The largest absolute Gasteiger partial charge is 0.354 e. The predicted octanol–water partition coefficient (Wildman–Crippen LogP) is 4.76. The highest BCUT2D eigenvalue weighted by Gasteiger charge is 2.54. The van der Waals surface area contributed by atoms with Gasteiger partial charge in [0, 0.05) is 6.54 Å². The molecule has 2 N–H and O–H groups in total. The SMILES string of the molecule is Cc1cc(C(C)(C)C)cc(C)c1CCNC(=O)CN1C(=O)NC(c2ccccc2)(c2ccccc2)C1=O. The number of nitrogens with zero attached hydrogens (tertiary/aromatic N) is 1. The molecular formula is C31H35N3O3. The molecule has 6 nitrogen and oxygen atoms in total. The Kier molecular flexibility index (Phi) is 7.21. The Morgan fingerprint density at radius 2 is 1.41 bits per heavy atom. The van der Waals surface area contributed by atoms with Crippen molar-refractivity contribution in [2.45, 2.75) is 52.0 Å². The third kappa shape index (κ3) is 5.15.